The quantitative estimate of drug-likeness (QED) is 0.833. The average Bonchev–Trinajstić information content (AvgIpc) is 2.55. The summed E-state index contributed by atoms with van der Waals surface area (Å²) in [4.78, 5) is 25.7. The predicted octanol–water partition coefficient (Wildman–Crippen LogP) is 1.94. The molecule has 124 valence electrons. The fourth-order valence-electron chi connectivity index (χ4n) is 2.60. The molecule has 1 heterocycles. The lowest BCUT2D eigenvalue weighted by Crippen LogP contribution is -2.45. The standard InChI is InChI=1S/C17H21FN2O3/c1-12-2-3-13(11-21)10-20(12)17(23)9-8-16(22)19-15-6-4-14(18)5-7-15/h4-9,12-13,21H,2-3,10-11H2,1H3,(H,19,22)/b9-8+. The van der Waals surface area contributed by atoms with Gasteiger partial charge in [0.2, 0.25) is 11.8 Å². The van der Waals surface area contributed by atoms with Crippen LogP contribution in [0.5, 0.6) is 0 Å². The van der Waals surface area contributed by atoms with Gasteiger partial charge in [0.25, 0.3) is 0 Å². The van der Waals surface area contributed by atoms with E-state index in [4.69, 9.17) is 0 Å². The van der Waals surface area contributed by atoms with Crippen LogP contribution in [-0.4, -0.2) is 41.0 Å². The van der Waals surface area contributed by atoms with E-state index >= 15 is 0 Å². The van der Waals surface area contributed by atoms with Crippen molar-refractivity contribution < 1.29 is 19.1 Å². The molecule has 1 aliphatic heterocycles. The first-order chi connectivity index (χ1) is 11.0. The van der Waals surface area contributed by atoms with E-state index < -0.39 is 5.91 Å². The minimum atomic E-state index is -0.451. The molecule has 1 saturated heterocycles. The molecule has 1 aliphatic rings. The number of rotatable bonds is 4. The average molecular weight is 320 g/mol. The summed E-state index contributed by atoms with van der Waals surface area (Å²) < 4.78 is 12.8. The molecule has 23 heavy (non-hydrogen) atoms. The second-order valence-electron chi connectivity index (χ2n) is 5.80. The van der Waals surface area contributed by atoms with Crippen LogP contribution in [0.25, 0.3) is 0 Å². The van der Waals surface area contributed by atoms with Gasteiger partial charge < -0.3 is 15.3 Å². The minimum Gasteiger partial charge on any atom is -0.396 e. The highest BCUT2D eigenvalue weighted by Gasteiger charge is 2.27. The van der Waals surface area contributed by atoms with Gasteiger partial charge in [0, 0.05) is 37.0 Å². The van der Waals surface area contributed by atoms with Crippen LogP contribution < -0.4 is 5.32 Å². The smallest absolute Gasteiger partial charge is 0.248 e. The SMILES string of the molecule is CC1CCC(CO)CN1C(=O)/C=C/C(=O)Nc1ccc(F)cc1. The Morgan fingerprint density at radius 3 is 2.65 bits per heavy atom. The molecule has 6 heteroatoms. The minimum absolute atomic E-state index is 0.0608. The van der Waals surface area contributed by atoms with E-state index in [1.54, 1.807) is 4.90 Å². The van der Waals surface area contributed by atoms with Gasteiger partial charge in [-0.3, -0.25) is 9.59 Å². The first-order valence-electron chi connectivity index (χ1n) is 7.65. The topological polar surface area (TPSA) is 69.6 Å². The highest BCUT2D eigenvalue weighted by atomic mass is 19.1. The van der Waals surface area contributed by atoms with Crippen molar-refractivity contribution in [2.75, 3.05) is 18.5 Å². The number of carbonyl (C=O) groups is 2. The molecule has 1 aromatic rings. The Morgan fingerprint density at radius 1 is 1.30 bits per heavy atom. The monoisotopic (exact) mass is 320 g/mol. The van der Waals surface area contributed by atoms with Crippen molar-refractivity contribution in [2.24, 2.45) is 5.92 Å². The van der Waals surface area contributed by atoms with Crippen LogP contribution >= 0.6 is 0 Å². The first kappa shape index (κ1) is 17.1. The third-order valence-electron chi connectivity index (χ3n) is 4.01. The maximum atomic E-state index is 12.8. The fourth-order valence-corrected chi connectivity index (χ4v) is 2.60. The van der Waals surface area contributed by atoms with E-state index in [1.165, 1.54) is 36.4 Å². The number of likely N-dealkylation sites (tertiary alicyclic amines) is 1. The molecule has 1 fully saturated rings. The Kier molecular flexibility index (Phi) is 5.87. The first-order valence-corrected chi connectivity index (χ1v) is 7.65. The number of aliphatic hydroxyl groups is 1. The molecular weight excluding hydrogens is 299 g/mol. The molecule has 1 aromatic carbocycles. The van der Waals surface area contributed by atoms with Gasteiger partial charge in [0.05, 0.1) is 0 Å². The third-order valence-corrected chi connectivity index (χ3v) is 4.01. The lowest BCUT2D eigenvalue weighted by atomic mass is 9.94. The summed E-state index contributed by atoms with van der Waals surface area (Å²) in [6.45, 7) is 2.52. The number of anilines is 1. The molecule has 0 aliphatic carbocycles. The number of hydrogen-bond donors (Lipinski definition) is 2. The number of nitrogens with one attached hydrogen (secondary N) is 1. The van der Waals surface area contributed by atoms with E-state index in [1.807, 2.05) is 6.92 Å². The van der Waals surface area contributed by atoms with Gasteiger partial charge in [-0.05, 0) is 49.9 Å². The zero-order valence-corrected chi connectivity index (χ0v) is 13.0. The molecule has 2 atom stereocenters. The van der Waals surface area contributed by atoms with E-state index in [-0.39, 0.29) is 30.3 Å². The molecule has 2 N–H and O–H groups in total. The molecule has 2 rings (SSSR count). The lowest BCUT2D eigenvalue weighted by molar-refractivity contribution is -0.130. The summed E-state index contributed by atoms with van der Waals surface area (Å²) in [5, 5.41) is 11.8. The van der Waals surface area contributed by atoms with Crippen LogP contribution in [0, 0.1) is 11.7 Å². The highest BCUT2D eigenvalue weighted by Crippen LogP contribution is 2.21. The van der Waals surface area contributed by atoms with Gasteiger partial charge in [-0.15, -0.1) is 0 Å². The summed E-state index contributed by atoms with van der Waals surface area (Å²) in [6.07, 6.45) is 4.14. The van der Waals surface area contributed by atoms with Gasteiger partial charge in [-0.2, -0.15) is 0 Å². The lowest BCUT2D eigenvalue weighted by Gasteiger charge is -2.36. The highest BCUT2D eigenvalue weighted by molar-refractivity contribution is 6.03. The number of piperidine rings is 1. The molecule has 0 saturated carbocycles. The number of nitrogens with zero attached hydrogens (tertiary/aromatic N) is 1. The van der Waals surface area contributed by atoms with Gasteiger partial charge in [0.1, 0.15) is 5.82 Å². The van der Waals surface area contributed by atoms with E-state index in [0.717, 1.165) is 12.8 Å². The normalized spacial score (nSPS) is 21.4. The van der Waals surface area contributed by atoms with Gasteiger partial charge in [-0.1, -0.05) is 0 Å². The van der Waals surface area contributed by atoms with Crippen LogP contribution in [-0.2, 0) is 9.59 Å². The fraction of sp³-hybridized carbons (Fsp3) is 0.412. The molecule has 0 spiro atoms. The third kappa shape index (κ3) is 4.89. The van der Waals surface area contributed by atoms with Crippen molar-refractivity contribution in [3.05, 3.63) is 42.2 Å². The van der Waals surface area contributed by atoms with Gasteiger partial charge in [-0.25, -0.2) is 4.39 Å². The van der Waals surface area contributed by atoms with Crippen LogP contribution in [0.15, 0.2) is 36.4 Å². The number of aliphatic hydroxyl groups excluding tert-OH is 1. The van der Waals surface area contributed by atoms with Crippen LogP contribution in [0.2, 0.25) is 0 Å². The molecule has 0 aromatic heterocycles. The van der Waals surface area contributed by atoms with Gasteiger partial charge in [0.15, 0.2) is 0 Å². The summed E-state index contributed by atoms with van der Waals surface area (Å²) in [7, 11) is 0. The van der Waals surface area contributed by atoms with E-state index in [9.17, 15) is 19.1 Å². The zero-order chi connectivity index (χ0) is 16.8. The molecular formula is C17H21FN2O3. The van der Waals surface area contributed by atoms with Crippen LogP contribution in [0.3, 0.4) is 0 Å². The van der Waals surface area contributed by atoms with Crippen molar-refractivity contribution in [3.8, 4) is 0 Å². The molecule has 0 radical (unpaired) electrons. The molecule has 0 bridgehead atoms. The summed E-state index contributed by atoms with van der Waals surface area (Å²) in [5.41, 5.74) is 0.459. The summed E-state index contributed by atoms with van der Waals surface area (Å²) >= 11 is 0. The maximum absolute atomic E-state index is 12.8. The van der Waals surface area contributed by atoms with Crippen molar-refractivity contribution in [1.82, 2.24) is 4.90 Å². The Hall–Kier alpha value is -2.21. The van der Waals surface area contributed by atoms with Crippen LogP contribution in [0.1, 0.15) is 19.8 Å². The van der Waals surface area contributed by atoms with Crippen molar-refractivity contribution >= 4 is 17.5 Å². The Labute approximate surface area is 134 Å². The second-order valence-corrected chi connectivity index (χ2v) is 5.80. The zero-order valence-electron chi connectivity index (χ0n) is 13.0. The number of halogens is 1. The summed E-state index contributed by atoms with van der Waals surface area (Å²) in [6, 6.07) is 5.47. The Balaban J connectivity index is 1.91. The maximum Gasteiger partial charge on any atom is 0.248 e. The molecule has 2 amide bonds. The summed E-state index contributed by atoms with van der Waals surface area (Å²) in [5.74, 6) is -0.985. The van der Waals surface area contributed by atoms with Crippen LogP contribution in [0.4, 0.5) is 10.1 Å². The number of benzene rings is 1. The van der Waals surface area contributed by atoms with Crippen molar-refractivity contribution in [1.29, 1.82) is 0 Å². The Morgan fingerprint density at radius 2 is 2.00 bits per heavy atom. The number of carbonyl (C=O) groups excluding carboxylic acids is 2. The Bertz CT molecular complexity index is 586. The van der Waals surface area contributed by atoms with E-state index in [0.29, 0.717) is 12.2 Å². The van der Waals surface area contributed by atoms with E-state index in [2.05, 4.69) is 5.32 Å². The molecule has 2 unspecified atom stereocenters. The van der Waals surface area contributed by atoms with Crippen molar-refractivity contribution in [2.45, 2.75) is 25.8 Å². The predicted molar refractivity (Wildman–Crippen MR) is 85.2 cm³/mol. The number of hydrogen-bond acceptors (Lipinski definition) is 3. The second kappa shape index (κ2) is 7.87. The van der Waals surface area contributed by atoms with Crippen molar-refractivity contribution in [3.63, 3.8) is 0 Å². The largest absolute Gasteiger partial charge is 0.396 e. The number of amides is 2. The van der Waals surface area contributed by atoms with Gasteiger partial charge >= 0.3 is 0 Å². The molecule has 5 nitrogen and oxygen atoms in total.